The smallest absolute Gasteiger partial charge is 0.00133 e. The minimum Gasteiger partial charge on any atom is -0.0683 e. The Morgan fingerprint density at radius 1 is 0.304 bits per heavy atom. The van der Waals surface area contributed by atoms with Gasteiger partial charge >= 0.3 is 0 Å². The molecule has 7 aromatic carbocycles. The predicted octanol–water partition coefficient (Wildman–Crippen LogP) is 14.6. The number of hydrogen-bond donors (Lipinski definition) is 0. The molecule has 278 valence electrons. The summed E-state index contributed by atoms with van der Waals surface area (Å²) in [6, 6.07) is 47.0. The number of fused-ring (bicyclic) bond motifs is 10. The lowest BCUT2D eigenvalue weighted by molar-refractivity contribution is 1.19. The summed E-state index contributed by atoms with van der Waals surface area (Å²) >= 11 is 0. The molecule has 0 amide bonds. The first-order chi connectivity index (χ1) is 27.0. The lowest BCUT2D eigenvalue weighted by atomic mass is 9.97. The highest BCUT2D eigenvalue weighted by molar-refractivity contribution is 5.82. The Bertz CT molecular complexity index is 2560. The molecule has 0 N–H and O–H groups in total. The van der Waals surface area contributed by atoms with Crippen molar-refractivity contribution >= 4 is 6.08 Å². The molecule has 0 unspecified atom stereocenters. The van der Waals surface area contributed by atoms with Gasteiger partial charge in [0.15, 0.2) is 0 Å². The third-order valence-corrected chi connectivity index (χ3v) is 11.9. The van der Waals surface area contributed by atoms with E-state index >= 15 is 0 Å². The lowest BCUT2D eigenvalue weighted by Crippen LogP contribution is -1.85. The van der Waals surface area contributed by atoms with Gasteiger partial charge in [0.05, 0.1) is 0 Å². The molecule has 0 spiro atoms. The van der Waals surface area contributed by atoms with Crippen LogP contribution < -0.4 is 0 Å². The van der Waals surface area contributed by atoms with Crippen LogP contribution in [0, 0.1) is 48.5 Å². The maximum absolute atomic E-state index is 2.31. The molecule has 7 aromatic rings. The van der Waals surface area contributed by atoms with Crippen molar-refractivity contribution in [2.75, 3.05) is 0 Å². The molecule has 0 saturated carbocycles. The normalized spacial score (nSPS) is 12.8. The number of rotatable bonds is 0. The second kappa shape index (κ2) is 15.4. The Morgan fingerprint density at radius 2 is 0.714 bits per heavy atom. The average Bonchev–Trinajstić information content (AvgIpc) is 3.93. The van der Waals surface area contributed by atoms with Crippen molar-refractivity contribution in [2.24, 2.45) is 0 Å². The van der Waals surface area contributed by atoms with Crippen LogP contribution in [0.25, 0.3) is 39.5 Å². The maximum atomic E-state index is 2.31. The Morgan fingerprint density at radius 3 is 1.25 bits per heavy atom. The first-order valence-corrected chi connectivity index (χ1v) is 20.3. The van der Waals surface area contributed by atoms with Crippen LogP contribution in [0.15, 0.2) is 133 Å². The molecule has 0 saturated heterocycles. The van der Waals surface area contributed by atoms with Crippen molar-refractivity contribution in [3.05, 3.63) is 216 Å². The molecule has 0 nitrogen and oxygen atoms in total. The minimum atomic E-state index is 1.10. The van der Waals surface area contributed by atoms with Gasteiger partial charge in [0.25, 0.3) is 0 Å². The molecule has 0 aliphatic heterocycles. The average molecular weight is 727 g/mol. The molecule has 4 aliphatic rings. The third-order valence-electron chi connectivity index (χ3n) is 11.9. The van der Waals surface area contributed by atoms with Gasteiger partial charge in [0.2, 0.25) is 0 Å². The van der Waals surface area contributed by atoms with Crippen molar-refractivity contribution < 1.29 is 0 Å². The first kappa shape index (κ1) is 37.2. The molecule has 56 heavy (non-hydrogen) atoms. The van der Waals surface area contributed by atoms with E-state index in [1.54, 1.807) is 0 Å². The van der Waals surface area contributed by atoms with Crippen LogP contribution in [0.2, 0.25) is 0 Å². The molecular weight excluding hydrogens is 673 g/mol. The third kappa shape index (κ3) is 7.59. The van der Waals surface area contributed by atoms with E-state index in [9.17, 15) is 0 Å². The summed E-state index contributed by atoms with van der Waals surface area (Å²) in [5.74, 6) is 0. The Labute approximate surface area is 335 Å². The largest absolute Gasteiger partial charge is 0.0683 e. The van der Waals surface area contributed by atoms with Gasteiger partial charge in [-0.1, -0.05) is 167 Å². The molecule has 0 radical (unpaired) electrons. The molecule has 0 aromatic heterocycles. The fourth-order valence-electron chi connectivity index (χ4n) is 9.15. The van der Waals surface area contributed by atoms with Crippen LogP contribution in [-0.4, -0.2) is 0 Å². The van der Waals surface area contributed by atoms with E-state index in [4.69, 9.17) is 0 Å². The first-order valence-electron chi connectivity index (χ1n) is 20.3. The highest BCUT2D eigenvalue weighted by atomic mass is 14.3. The van der Waals surface area contributed by atoms with Gasteiger partial charge in [-0.05, 0) is 170 Å². The van der Waals surface area contributed by atoms with Crippen molar-refractivity contribution in [3.63, 3.8) is 0 Å². The quantitative estimate of drug-likeness (QED) is 0.146. The van der Waals surface area contributed by atoms with E-state index in [-0.39, 0.29) is 0 Å². The standard InChI is InChI=1S/3C15H14.C11H12/c1-10-4-6-14-13(7-10)9-12-5-3-11(2)8-15(12)14;1-10-3-5-12-9-13-6-4-11(2)8-15(13)14(12)7-10;1-10-5-3-7-12-9-13-8-4-6-11(2)15(13)14(10)12;1-8-3-4-10-6-9(2)7-11(10)5-8/h3*3-8H,9H2,1-2H3;3-6H,7H2,1-2H3. The van der Waals surface area contributed by atoms with Crippen molar-refractivity contribution in [1.82, 2.24) is 0 Å². The van der Waals surface area contributed by atoms with Gasteiger partial charge < -0.3 is 0 Å². The second-order valence-electron chi connectivity index (χ2n) is 16.8. The molecule has 0 atom stereocenters. The van der Waals surface area contributed by atoms with Crippen LogP contribution in [0.1, 0.15) is 90.4 Å². The van der Waals surface area contributed by atoms with Crippen molar-refractivity contribution in [1.29, 1.82) is 0 Å². The molecular formula is C56H54. The number of aryl methyl sites for hydroxylation is 7. The summed E-state index contributed by atoms with van der Waals surface area (Å²) in [4.78, 5) is 0. The van der Waals surface area contributed by atoms with E-state index in [2.05, 4.69) is 189 Å². The molecule has 0 heterocycles. The zero-order chi connectivity index (χ0) is 39.1. The minimum absolute atomic E-state index is 1.10. The number of allylic oxidation sites excluding steroid dienone is 1. The van der Waals surface area contributed by atoms with Gasteiger partial charge in [-0.15, -0.1) is 0 Å². The van der Waals surface area contributed by atoms with Crippen LogP contribution in [-0.2, 0) is 25.7 Å². The molecule has 0 bridgehead atoms. The van der Waals surface area contributed by atoms with Crippen LogP contribution >= 0.6 is 0 Å². The fraction of sp³-hybridized carbons (Fsp3) is 0.214. The Balaban J connectivity index is 0.000000106. The topological polar surface area (TPSA) is 0 Å². The van der Waals surface area contributed by atoms with E-state index in [1.165, 1.54) is 122 Å². The summed E-state index contributed by atoms with van der Waals surface area (Å²) in [7, 11) is 0. The summed E-state index contributed by atoms with van der Waals surface area (Å²) < 4.78 is 0. The van der Waals surface area contributed by atoms with E-state index < -0.39 is 0 Å². The Hall–Kier alpha value is -5.72. The molecule has 0 heteroatoms. The second-order valence-corrected chi connectivity index (χ2v) is 16.8. The highest BCUT2D eigenvalue weighted by Gasteiger charge is 2.21. The monoisotopic (exact) mass is 726 g/mol. The molecule has 0 fully saturated rings. The number of hydrogen-bond acceptors (Lipinski definition) is 0. The lowest BCUT2D eigenvalue weighted by Gasteiger charge is -2.07. The maximum Gasteiger partial charge on any atom is -0.00133 e. The summed E-state index contributed by atoms with van der Waals surface area (Å²) in [5.41, 5.74) is 31.5. The molecule has 11 rings (SSSR count). The van der Waals surface area contributed by atoms with Gasteiger partial charge in [0.1, 0.15) is 0 Å². The van der Waals surface area contributed by atoms with Crippen molar-refractivity contribution in [3.8, 4) is 33.4 Å². The van der Waals surface area contributed by atoms with Gasteiger partial charge in [0, 0.05) is 0 Å². The van der Waals surface area contributed by atoms with E-state index in [0.29, 0.717) is 0 Å². The zero-order valence-corrected chi connectivity index (χ0v) is 34.5. The number of benzene rings is 7. The summed E-state index contributed by atoms with van der Waals surface area (Å²) in [6.07, 6.45) is 6.73. The van der Waals surface area contributed by atoms with Crippen LogP contribution in [0.5, 0.6) is 0 Å². The van der Waals surface area contributed by atoms with Gasteiger partial charge in [-0.3, -0.25) is 0 Å². The SMILES string of the molecule is CC1=Cc2ccc(C)cc2C1.Cc1ccc2c(c1)-c1cc(C)ccc1C2.Cc1ccc2c(c1)Cc1ccc(C)cc1-2.Cc1cccc2c1-c1c(C)cccc1C2. The van der Waals surface area contributed by atoms with Gasteiger partial charge in [-0.25, -0.2) is 0 Å². The van der Waals surface area contributed by atoms with Crippen LogP contribution in [0.4, 0.5) is 0 Å². The fourth-order valence-corrected chi connectivity index (χ4v) is 9.15. The predicted molar refractivity (Wildman–Crippen MR) is 241 cm³/mol. The van der Waals surface area contributed by atoms with Crippen molar-refractivity contribution in [2.45, 2.75) is 81.1 Å². The summed E-state index contributed by atoms with van der Waals surface area (Å²) in [5, 5.41) is 0. The zero-order valence-electron chi connectivity index (χ0n) is 34.5. The highest BCUT2D eigenvalue weighted by Crippen LogP contribution is 2.41. The van der Waals surface area contributed by atoms with E-state index in [0.717, 1.165) is 25.7 Å². The molecule has 4 aliphatic carbocycles. The Kier molecular flexibility index (Phi) is 10.3. The van der Waals surface area contributed by atoms with Gasteiger partial charge in [-0.2, -0.15) is 0 Å². The summed E-state index contributed by atoms with van der Waals surface area (Å²) in [6.45, 7) is 17.4. The van der Waals surface area contributed by atoms with Crippen LogP contribution in [0.3, 0.4) is 0 Å². The van der Waals surface area contributed by atoms with E-state index in [1.807, 2.05) is 0 Å².